The largest absolute Gasteiger partial charge is 0.375 e. The molecule has 2 aromatic carbocycles. The molecule has 0 bridgehead atoms. The van der Waals surface area contributed by atoms with Crippen LogP contribution in [0.15, 0.2) is 30.3 Å². The number of benzene rings is 2. The lowest BCUT2D eigenvalue weighted by Crippen LogP contribution is -2.22. The molecule has 0 aromatic heterocycles. The minimum Gasteiger partial charge on any atom is -0.375 e. The Kier molecular flexibility index (Phi) is 6.07. The summed E-state index contributed by atoms with van der Waals surface area (Å²) in [6.45, 7) is -0.0172. The molecule has 0 saturated carbocycles. The van der Waals surface area contributed by atoms with Crippen molar-refractivity contribution in [2.45, 2.75) is 0 Å². The number of carbonyl (C=O) groups excluding carboxylic acids is 1. The van der Waals surface area contributed by atoms with Gasteiger partial charge in [-0.05, 0) is 30.3 Å². The Morgan fingerprint density at radius 1 is 0.818 bits per heavy atom. The van der Waals surface area contributed by atoms with Crippen molar-refractivity contribution in [2.75, 3.05) is 17.2 Å². The van der Waals surface area contributed by atoms with E-state index in [0.29, 0.717) is 36.5 Å². The topological polar surface area (TPSA) is 41.1 Å². The molecule has 8 heteroatoms. The van der Waals surface area contributed by atoms with Crippen molar-refractivity contribution in [3.63, 3.8) is 0 Å². The monoisotopic (exact) mass is 396 g/mol. The third-order valence-electron chi connectivity index (χ3n) is 2.65. The third kappa shape index (κ3) is 4.58. The zero-order chi connectivity index (χ0) is 16.3. The van der Waals surface area contributed by atoms with Gasteiger partial charge in [0.15, 0.2) is 0 Å². The number of nitrogens with one attached hydrogen (secondary N) is 2. The Hall–Kier alpha value is -0.840. The molecule has 0 aliphatic rings. The highest BCUT2D eigenvalue weighted by Crippen LogP contribution is 2.32. The highest BCUT2D eigenvalue weighted by atomic mass is 35.5. The van der Waals surface area contributed by atoms with Crippen molar-refractivity contribution in [1.29, 1.82) is 0 Å². The van der Waals surface area contributed by atoms with E-state index in [1.165, 1.54) is 12.1 Å². The molecule has 0 fully saturated rings. The molecule has 3 nitrogen and oxygen atoms in total. The molecule has 116 valence electrons. The normalized spacial score (nSPS) is 10.4. The van der Waals surface area contributed by atoms with Gasteiger partial charge in [-0.15, -0.1) is 0 Å². The van der Waals surface area contributed by atoms with E-state index in [4.69, 9.17) is 58.0 Å². The quantitative estimate of drug-likeness (QED) is 0.620. The van der Waals surface area contributed by atoms with Crippen LogP contribution >= 0.6 is 58.0 Å². The van der Waals surface area contributed by atoms with Crippen LogP contribution in [-0.2, 0) is 4.79 Å². The molecule has 1 amide bonds. The lowest BCUT2D eigenvalue weighted by molar-refractivity contribution is -0.114. The molecular formula is C14H9Cl5N2O. The predicted molar refractivity (Wildman–Crippen MR) is 95.1 cm³/mol. The van der Waals surface area contributed by atoms with E-state index in [2.05, 4.69) is 10.6 Å². The molecule has 0 spiro atoms. The van der Waals surface area contributed by atoms with Gasteiger partial charge in [0, 0.05) is 5.02 Å². The van der Waals surface area contributed by atoms with Gasteiger partial charge in [-0.3, -0.25) is 4.79 Å². The maximum atomic E-state index is 11.9. The number of hydrogen-bond acceptors (Lipinski definition) is 2. The second-order valence-electron chi connectivity index (χ2n) is 4.27. The molecule has 0 heterocycles. The van der Waals surface area contributed by atoms with Crippen molar-refractivity contribution in [3.05, 3.63) is 55.4 Å². The summed E-state index contributed by atoms with van der Waals surface area (Å²) < 4.78 is 0. The molecule has 0 unspecified atom stereocenters. The summed E-state index contributed by atoms with van der Waals surface area (Å²) >= 11 is 29.6. The fraction of sp³-hybridized carbons (Fsp3) is 0.0714. The second kappa shape index (κ2) is 7.62. The van der Waals surface area contributed by atoms with Gasteiger partial charge in [0.1, 0.15) is 0 Å². The van der Waals surface area contributed by atoms with Crippen LogP contribution in [0.1, 0.15) is 0 Å². The molecule has 0 radical (unpaired) electrons. The maximum Gasteiger partial charge on any atom is 0.243 e. The van der Waals surface area contributed by atoms with Crippen molar-refractivity contribution >= 4 is 75.3 Å². The highest BCUT2D eigenvalue weighted by molar-refractivity contribution is 6.44. The Balaban J connectivity index is 2.02. The summed E-state index contributed by atoms with van der Waals surface area (Å²) in [6.07, 6.45) is 0. The van der Waals surface area contributed by atoms with Crippen LogP contribution in [-0.4, -0.2) is 12.5 Å². The molecule has 2 N–H and O–H groups in total. The number of amides is 1. The molecule has 22 heavy (non-hydrogen) atoms. The number of hydrogen-bond donors (Lipinski definition) is 2. The standard InChI is InChI=1S/C14H9Cl5N2O/c15-7-1-2-8(16)12(3-7)20-6-14(22)21-13-5-10(18)9(17)4-11(13)19/h1-5,20H,6H2,(H,21,22). The first-order chi connectivity index (χ1) is 10.4. The van der Waals surface area contributed by atoms with Gasteiger partial charge in [0.2, 0.25) is 5.91 Å². The van der Waals surface area contributed by atoms with E-state index >= 15 is 0 Å². The molecular weight excluding hydrogens is 389 g/mol. The molecule has 2 aromatic rings. The van der Waals surface area contributed by atoms with Gasteiger partial charge in [-0.25, -0.2) is 0 Å². The average molecular weight is 399 g/mol. The lowest BCUT2D eigenvalue weighted by Gasteiger charge is -2.11. The third-order valence-corrected chi connectivity index (χ3v) is 4.25. The number of rotatable bonds is 4. The highest BCUT2D eigenvalue weighted by Gasteiger charge is 2.10. The summed E-state index contributed by atoms with van der Waals surface area (Å²) in [4.78, 5) is 11.9. The minimum atomic E-state index is -0.323. The zero-order valence-corrected chi connectivity index (χ0v) is 14.7. The van der Waals surface area contributed by atoms with Gasteiger partial charge in [-0.2, -0.15) is 0 Å². The average Bonchev–Trinajstić information content (AvgIpc) is 2.45. The molecule has 2 rings (SSSR count). The van der Waals surface area contributed by atoms with Crippen LogP contribution in [0.2, 0.25) is 25.1 Å². The smallest absolute Gasteiger partial charge is 0.243 e. The van der Waals surface area contributed by atoms with Crippen LogP contribution in [0.4, 0.5) is 11.4 Å². The molecule has 0 atom stereocenters. The van der Waals surface area contributed by atoms with E-state index in [0.717, 1.165) is 0 Å². The van der Waals surface area contributed by atoms with Gasteiger partial charge in [0.05, 0.1) is 38.0 Å². The minimum absolute atomic E-state index is 0.0172. The van der Waals surface area contributed by atoms with Crippen LogP contribution in [0, 0.1) is 0 Å². The van der Waals surface area contributed by atoms with Crippen molar-refractivity contribution in [3.8, 4) is 0 Å². The van der Waals surface area contributed by atoms with Gasteiger partial charge >= 0.3 is 0 Å². The SMILES string of the molecule is O=C(CNc1cc(Cl)ccc1Cl)Nc1cc(Cl)c(Cl)cc1Cl. The van der Waals surface area contributed by atoms with E-state index in [-0.39, 0.29) is 12.5 Å². The first-order valence-corrected chi connectivity index (χ1v) is 7.89. The van der Waals surface area contributed by atoms with Gasteiger partial charge in [-0.1, -0.05) is 58.0 Å². The molecule has 0 aliphatic heterocycles. The second-order valence-corrected chi connectivity index (χ2v) is 6.34. The van der Waals surface area contributed by atoms with Crippen LogP contribution in [0.5, 0.6) is 0 Å². The van der Waals surface area contributed by atoms with Crippen molar-refractivity contribution in [2.24, 2.45) is 0 Å². The van der Waals surface area contributed by atoms with E-state index in [1.807, 2.05) is 0 Å². The Labute approximate surface area is 152 Å². The molecule has 0 aliphatic carbocycles. The summed E-state index contributed by atoms with van der Waals surface area (Å²) in [5, 5.41) is 7.40. The fourth-order valence-electron chi connectivity index (χ4n) is 1.62. The summed E-state index contributed by atoms with van der Waals surface area (Å²) in [6, 6.07) is 7.87. The van der Waals surface area contributed by atoms with Gasteiger partial charge < -0.3 is 10.6 Å². The van der Waals surface area contributed by atoms with Crippen LogP contribution in [0.3, 0.4) is 0 Å². The molecule has 0 saturated heterocycles. The Bertz CT molecular complexity index is 721. The predicted octanol–water partition coefficient (Wildman–Crippen LogP) is 6.00. The fourth-order valence-corrected chi connectivity index (χ4v) is 2.57. The van der Waals surface area contributed by atoms with Crippen LogP contribution < -0.4 is 10.6 Å². The first kappa shape index (κ1) is 17.5. The lowest BCUT2D eigenvalue weighted by atomic mass is 10.3. The summed E-state index contributed by atoms with van der Waals surface area (Å²) in [5.41, 5.74) is 0.935. The first-order valence-electron chi connectivity index (χ1n) is 6.00. The summed E-state index contributed by atoms with van der Waals surface area (Å²) in [5.74, 6) is -0.323. The number of halogens is 5. The van der Waals surface area contributed by atoms with Crippen molar-refractivity contribution in [1.82, 2.24) is 0 Å². The van der Waals surface area contributed by atoms with E-state index in [9.17, 15) is 4.79 Å². The number of carbonyl (C=O) groups is 1. The Morgan fingerprint density at radius 3 is 2.23 bits per heavy atom. The van der Waals surface area contributed by atoms with Crippen molar-refractivity contribution < 1.29 is 4.79 Å². The van der Waals surface area contributed by atoms with Crippen LogP contribution in [0.25, 0.3) is 0 Å². The number of anilines is 2. The summed E-state index contributed by atoms with van der Waals surface area (Å²) in [7, 11) is 0. The van der Waals surface area contributed by atoms with E-state index < -0.39 is 0 Å². The van der Waals surface area contributed by atoms with Gasteiger partial charge in [0.25, 0.3) is 0 Å². The maximum absolute atomic E-state index is 11.9. The van der Waals surface area contributed by atoms with E-state index in [1.54, 1.807) is 18.2 Å². The zero-order valence-electron chi connectivity index (χ0n) is 10.9. The Morgan fingerprint density at radius 2 is 1.50 bits per heavy atom.